The Morgan fingerprint density at radius 1 is 1.07 bits per heavy atom. The Labute approximate surface area is 161 Å². The number of carbonyl (C=O) groups is 1. The molecule has 0 spiro atoms. The maximum Gasteiger partial charge on any atom is 0.255 e. The summed E-state index contributed by atoms with van der Waals surface area (Å²) in [6, 6.07) is 12.2. The van der Waals surface area contributed by atoms with Crippen LogP contribution in [0.4, 0.5) is 5.69 Å². The van der Waals surface area contributed by atoms with Crippen molar-refractivity contribution < 1.29 is 13.2 Å². The number of hydrogen-bond acceptors (Lipinski definition) is 3. The van der Waals surface area contributed by atoms with Gasteiger partial charge in [0.05, 0.1) is 4.90 Å². The van der Waals surface area contributed by atoms with Crippen molar-refractivity contribution in [2.75, 3.05) is 18.4 Å². The van der Waals surface area contributed by atoms with E-state index in [2.05, 4.69) is 19.2 Å². The van der Waals surface area contributed by atoms with Crippen molar-refractivity contribution in [1.82, 2.24) is 4.31 Å². The van der Waals surface area contributed by atoms with Crippen molar-refractivity contribution in [2.24, 2.45) is 0 Å². The molecule has 1 fully saturated rings. The summed E-state index contributed by atoms with van der Waals surface area (Å²) in [6.07, 6.45) is 1.76. The number of aryl methyl sites for hydroxylation is 1. The van der Waals surface area contributed by atoms with Gasteiger partial charge in [-0.05, 0) is 55.0 Å². The summed E-state index contributed by atoms with van der Waals surface area (Å²) in [5.41, 5.74) is 3.18. The average Bonchev–Trinajstić information content (AvgIpc) is 3.19. The fourth-order valence-electron chi connectivity index (χ4n) is 3.40. The SMILES string of the molecule is Cc1cccc(C(C)C)c1NC(=O)c1cccc(S(=O)(=O)N2CCCC2)c1. The van der Waals surface area contributed by atoms with Crippen LogP contribution in [0.2, 0.25) is 0 Å². The Morgan fingerprint density at radius 3 is 2.41 bits per heavy atom. The van der Waals surface area contributed by atoms with Crippen LogP contribution in [0, 0.1) is 6.92 Å². The standard InChI is InChI=1S/C21H26N2O3S/c1-15(2)19-11-6-8-16(3)20(19)22-21(24)17-9-7-10-18(14-17)27(25,26)23-12-4-5-13-23/h6-11,14-15H,4-5,12-13H2,1-3H3,(H,22,24). The molecule has 1 heterocycles. The monoisotopic (exact) mass is 386 g/mol. The Morgan fingerprint density at radius 2 is 1.74 bits per heavy atom. The van der Waals surface area contributed by atoms with Gasteiger partial charge in [-0.2, -0.15) is 4.31 Å². The van der Waals surface area contributed by atoms with E-state index >= 15 is 0 Å². The molecule has 1 saturated heterocycles. The highest BCUT2D eigenvalue weighted by Gasteiger charge is 2.27. The van der Waals surface area contributed by atoms with Gasteiger partial charge >= 0.3 is 0 Å². The third-order valence-electron chi connectivity index (χ3n) is 4.96. The number of nitrogens with one attached hydrogen (secondary N) is 1. The Balaban J connectivity index is 1.89. The topological polar surface area (TPSA) is 66.5 Å². The van der Waals surface area contributed by atoms with Gasteiger partial charge in [-0.15, -0.1) is 0 Å². The molecule has 0 bridgehead atoms. The highest BCUT2D eigenvalue weighted by atomic mass is 32.2. The zero-order valence-corrected chi connectivity index (χ0v) is 16.8. The van der Waals surface area contributed by atoms with Gasteiger partial charge in [0, 0.05) is 24.3 Å². The predicted octanol–water partition coefficient (Wildman–Crippen LogP) is 4.16. The molecule has 1 aliphatic heterocycles. The quantitative estimate of drug-likeness (QED) is 0.839. The highest BCUT2D eigenvalue weighted by Crippen LogP contribution is 2.28. The normalized spacial score (nSPS) is 15.3. The van der Waals surface area contributed by atoms with E-state index in [0.717, 1.165) is 29.7 Å². The van der Waals surface area contributed by atoms with Crippen molar-refractivity contribution in [3.05, 3.63) is 59.2 Å². The summed E-state index contributed by atoms with van der Waals surface area (Å²) in [5, 5.41) is 2.98. The van der Waals surface area contributed by atoms with Gasteiger partial charge in [0.1, 0.15) is 0 Å². The first-order chi connectivity index (χ1) is 12.8. The zero-order chi connectivity index (χ0) is 19.6. The molecule has 1 N–H and O–H groups in total. The van der Waals surface area contributed by atoms with Crippen molar-refractivity contribution in [1.29, 1.82) is 0 Å². The molecule has 0 saturated carbocycles. The molecule has 1 amide bonds. The number of para-hydroxylation sites is 1. The Bertz CT molecular complexity index is 946. The van der Waals surface area contributed by atoms with Gasteiger partial charge in [-0.3, -0.25) is 4.79 Å². The van der Waals surface area contributed by atoms with Gasteiger partial charge in [0.15, 0.2) is 0 Å². The number of sulfonamides is 1. The molecule has 0 aromatic heterocycles. The number of hydrogen-bond donors (Lipinski definition) is 1. The van der Waals surface area contributed by atoms with Crippen LogP contribution in [-0.4, -0.2) is 31.7 Å². The van der Waals surface area contributed by atoms with Crippen LogP contribution >= 0.6 is 0 Å². The van der Waals surface area contributed by atoms with Crippen molar-refractivity contribution >= 4 is 21.6 Å². The van der Waals surface area contributed by atoms with Crippen molar-refractivity contribution in [2.45, 2.75) is 44.4 Å². The van der Waals surface area contributed by atoms with Crippen LogP contribution in [0.1, 0.15) is 54.1 Å². The van der Waals surface area contributed by atoms with E-state index in [4.69, 9.17) is 0 Å². The van der Waals surface area contributed by atoms with E-state index in [9.17, 15) is 13.2 Å². The number of anilines is 1. The third kappa shape index (κ3) is 4.06. The first-order valence-corrected chi connectivity index (χ1v) is 10.8. The number of carbonyl (C=O) groups excluding carboxylic acids is 1. The van der Waals surface area contributed by atoms with Gasteiger partial charge in [-0.1, -0.05) is 38.1 Å². The second-order valence-electron chi connectivity index (χ2n) is 7.29. The maximum atomic E-state index is 12.8. The number of rotatable bonds is 5. The van der Waals surface area contributed by atoms with Crippen molar-refractivity contribution in [3.63, 3.8) is 0 Å². The number of benzene rings is 2. The molecular formula is C21H26N2O3S. The largest absolute Gasteiger partial charge is 0.321 e. The minimum Gasteiger partial charge on any atom is -0.321 e. The summed E-state index contributed by atoms with van der Waals surface area (Å²) < 4.78 is 27.0. The van der Waals surface area contributed by atoms with Gasteiger partial charge in [-0.25, -0.2) is 8.42 Å². The van der Waals surface area contributed by atoms with Crippen molar-refractivity contribution in [3.8, 4) is 0 Å². The number of nitrogens with zero attached hydrogens (tertiary/aromatic N) is 1. The summed E-state index contributed by atoms with van der Waals surface area (Å²) in [4.78, 5) is 13.0. The summed E-state index contributed by atoms with van der Waals surface area (Å²) >= 11 is 0. The molecule has 144 valence electrons. The summed E-state index contributed by atoms with van der Waals surface area (Å²) in [7, 11) is -3.54. The first kappa shape index (κ1) is 19.6. The summed E-state index contributed by atoms with van der Waals surface area (Å²) in [6.45, 7) is 7.19. The van der Waals surface area contributed by atoms with Crippen LogP contribution < -0.4 is 5.32 Å². The Kier molecular flexibility index (Phi) is 5.67. The van der Waals surface area contributed by atoms with Gasteiger partial charge < -0.3 is 5.32 Å². The molecule has 27 heavy (non-hydrogen) atoms. The van der Waals surface area contributed by atoms with E-state index in [-0.39, 0.29) is 16.7 Å². The maximum absolute atomic E-state index is 12.8. The van der Waals surface area contributed by atoms with Crippen LogP contribution in [0.5, 0.6) is 0 Å². The molecule has 3 rings (SSSR count). The predicted molar refractivity (Wildman–Crippen MR) is 108 cm³/mol. The van der Waals surface area contributed by atoms with Crippen LogP contribution in [0.15, 0.2) is 47.4 Å². The second-order valence-corrected chi connectivity index (χ2v) is 9.22. The smallest absolute Gasteiger partial charge is 0.255 e. The van der Waals surface area contributed by atoms with Crippen LogP contribution in [0.25, 0.3) is 0 Å². The molecular weight excluding hydrogens is 360 g/mol. The fraction of sp³-hybridized carbons (Fsp3) is 0.381. The molecule has 0 atom stereocenters. The molecule has 5 nitrogen and oxygen atoms in total. The van der Waals surface area contributed by atoms with E-state index in [1.54, 1.807) is 18.2 Å². The van der Waals surface area contributed by atoms with Crippen LogP contribution in [0.3, 0.4) is 0 Å². The van der Waals surface area contributed by atoms with E-state index < -0.39 is 10.0 Å². The lowest BCUT2D eigenvalue weighted by Gasteiger charge is -2.18. The Hall–Kier alpha value is -2.18. The summed E-state index contributed by atoms with van der Waals surface area (Å²) in [5.74, 6) is -0.0354. The minimum atomic E-state index is -3.54. The van der Waals surface area contributed by atoms with E-state index in [1.165, 1.54) is 10.4 Å². The molecule has 2 aromatic carbocycles. The third-order valence-corrected chi connectivity index (χ3v) is 6.86. The van der Waals surface area contributed by atoms with Crippen LogP contribution in [-0.2, 0) is 10.0 Å². The van der Waals surface area contributed by atoms with Gasteiger partial charge in [0.2, 0.25) is 10.0 Å². The lowest BCUT2D eigenvalue weighted by atomic mass is 9.98. The molecule has 0 unspecified atom stereocenters. The lowest BCUT2D eigenvalue weighted by molar-refractivity contribution is 0.102. The fourth-order valence-corrected chi connectivity index (χ4v) is 4.97. The lowest BCUT2D eigenvalue weighted by Crippen LogP contribution is -2.28. The zero-order valence-electron chi connectivity index (χ0n) is 16.0. The minimum absolute atomic E-state index is 0.172. The molecule has 0 radical (unpaired) electrons. The molecule has 0 aliphatic carbocycles. The molecule has 6 heteroatoms. The van der Waals surface area contributed by atoms with Gasteiger partial charge in [0.25, 0.3) is 5.91 Å². The molecule has 1 aliphatic rings. The average molecular weight is 387 g/mol. The second kappa shape index (κ2) is 7.82. The van der Waals surface area contributed by atoms with E-state index in [1.807, 2.05) is 25.1 Å². The number of amides is 1. The van der Waals surface area contributed by atoms with E-state index in [0.29, 0.717) is 18.7 Å². The highest BCUT2D eigenvalue weighted by molar-refractivity contribution is 7.89. The molecule has 2 aromatic rings. The first-order valence-electron chi connectivity index (χ1n) is 9.32.